The molecule has 0 aliphatic carbocycles. The summed E-state index contributed by atoms with van der Waals surface area (Å²) >= 11 is 0. The molecule has 0 aliphatic heterocycles. The Morgan fingerprint density at radius 1 is 1.00 bits per heavy atom. The van der Waals surface area contributed by atoms with Crippen LogP contribution in [-0.4, -0.2) is 7.11 Å². The Hall–Kier alpha value is -1.76. The van der Waals surface area contributed by atoms with Crippen LogP contribution in [0.1, 0.15) is 37.3 Å². The third-order valence-corrected chi connectivity index (χ3v) is 3.84. The van der Waals surface area contributed by atoms with Crippen molar-refractivity contribution in [3.05, 3.63) is 53.6 Å². The summed E-state index contributed by atoms with van der Waals surface area (Å²) in [7, 11) is 1.69. The van der Waals surface area contributed by atoms with Crippen molar-refractivity contribution in [3.63, 3.8) is 0 Å². The summed E-state index contributed by atoms with van der Waals surface area (Å²) in [5, 5.41) is 0. The normalized spacial score (nSPS) is 12.2. The molecule has 0 bridgehead atoms. The molecule has 0 aliphatic rings. The van der Waals surface area contributed by atoms with Gasteiger partial charge in [0.1, 0.15) is 5.75 Å². The fourth-order valence-electron chi connectivity index (χ4n) is 2.41. The summed E-state index contributed by atoms with van der Waals surface area (Å²) in [6, 6.07) is 15.0. The zero-order valence-electron chi connectivity index (χ0n) is 12.2. The van der Waals surface area contributed by atoms with Gasteiger partial charge in [-0.1, -0.05) is 44.2 Å². The Bertz CT molecular complexity index is 540. The average Bonchev–Trinajstić information content (AvgIpc) is 2.46. The first-order valence-corrected chi connectivity index (χ1v) is 6.90. The first kappa shape index (κ1) is 13.7. The van der Waals surface area contributed by atoms with Gasteiger partial charge in [-0.25, -0.2) is 0 Å². The molecule has 0 radical (unpaired) electrons. The van der Waals surface area contributed by atoms with Gasteiger partial charge in [-0.2, -0.15) is 0 Å². The van der Waals surface area contributed by atoms with Crippen molar-refractivity contribution in [2.75, 3.05) is 7.11 Å². The van der Waals surface area contributed by atoms with Crippen LogP contribution in [-0.2, 0) is 0 Å². The largest absolute Gasteiger partial charge is 0.497 e. The SMILES string of the molecule is CCC(C)c1ccc(-c2ccc(OC)cc2)cc1C. The van der Waals surface area contributed by atoms with Gasteiger partial charge in [-0.05, 0) is 53.6 Å². The molecule has 0 aromatic heterocycles. The quantitative estimate of drug-likeness (QED) is 0.730. The molecule has 0 heterocycles. The maximum absolute atomic E-state index is 5.19. The third-order valence-electron chi connectivity index (χ3n) is 3.84. The van der Waals surface area contributed by atoms with Crippen LogP contribution in [0.3, 0.4) is 0 Å². The highest BCUT2D eigenvalue weighted by Gasteiger charge is 2.07. The first-order chi connectivity index (χ1) is 9.15. The number of methoxy groups -OCH3 is 1. The molecule has 2 rings (SSSR count). The Labute approximate surface area is 116 Å². The molecule has 0 saturated carbocycles. The number of hydrogen-bond acceptors (Lipinski definition) is 1. The lowest BCUT2D eigenvalue weighted by Gasteiger charge is -2.14. The van der Waals surface area contributed by atoms with E-state index < -0.39 is 0 Å². The smallest absolute Gasteiger partial charge is 0.118 e. The van der Waals surface area contributed by atoms with Gasteiger partial charge in [0.05, 0.1) is 7.11 Å². The predicted molar refractivity (Wildman–Crippen MR) is 81.9 cm³/mol. The van der Waals surface area contributed by atoms with Crippen LogP contribution in [0.15, 0.2) is 42.5 Å². The van der Waals surface area contributed by atoms with Crippen molar-refractivity contribution in [1.82, 2.24) is 0 Å². The Kier molecular flexibility index (Phi) is 4.26. The molecule has 1 heteroatoms. The molecule has 1 unspecified atom stereocenters. The molecule has 2 aromatic rings. The van der Waals surface area contributed by atoms with Crippen molar-refractivity contribution >= 4 is 0 Å². The molecule has 0 amide bonds. The topological polar surface area (TPSA) is 9.23 Å². The minimum Gasteiger partial charge on any atom is -0.497 e. The zero-order valence-corrected chi connectivity index (χ0v) is 12.2. The van der Waals surface area contributed by atoms with Crippen LogP contribution in [0.25, 0.3) is 11.1 Å². The monoisotopic (exact) mass is 254 g/mol. The molecule has 2 aromatic carbocycles. The molecular formula is C18H22O. The van der Waals surface area contributed by atoms with E-state index in [1.54, 1.807) is 7.11 Å². The van der Waals surface area contributed by atoms with E-state index in [0.717, 1.165) is 5.75 Å². The van der Waals surface area contributed by atoms with E-state index in [9.17, 15) is 0 Å². The maximum atomic E-state index is 5.19. The van der Waals surface area contributed by atoms with Gasteiger partial charge in [0.25, 0.3) is 0 Å². The third kappa shape index (κ3) is 2.98. The Morgan fingerprint density at radius 2 is 1.63 bits per heavy atom. The van der Waals surface area contributed by atoms with E-state index >= 15 is 0 Å². The second kappa shape index (κ2) is 5.92. The van der Waals surface area contributed by atoms with Gasteiger partial charge in [0.15, 0.2) is 0 Å². The van der Waals surface area contributed by atoms with Crippen LogP contribution >= 0.6 is 0 Å². The fourth-order valence-corrected chi connectivity index (χ4v) is 2.41. The number of benzene rings is 2. The van der Waals surface area contributed by atoms with Gasteiger partial charge in [0, 0.05) is 0 Å². The van der Waals surface area contributed by atoms with E-state index in [2.05, 4.69) is 51.1 Å². The molecule has 0 N–H and O–H groups in total. The standard InChI is InChI=1S/C18H22O/c1-5-13(2)18-11-8-16(12-14(18)3)15-6-9-17(19-4)10-7-15/h6-13H,5H2,1-4H3. The highest BCUT2D eigenvalue weighted by Crippen LogP contribution is 2.28. The minimum atomic E-state index is 0.630. The molecule has 1 nitrogen and oxygen atoms in total. The number of ether oxygens (including phenoxy) is 1. The second-order valence-corrected chi connectivity index (χ2v) is 5.11. The van der Waals surface area contributed by atoms with Crippen molar-refractivity contribution in [1.29, 1.82) is 0 Å². The molecule has 100 valence electrons. The number of rotatable bonds is 4. The second-order valence-electron chi connectivity index (χ2n) is 5.11. The minimum absolute atomic E-state index is 0.630. The summed E-state index contributed by atoms with van der Waals surface area (Å²) in [5.41, 5.74) is 5.34. The van der Waals surface area contributed by atoms with E-state index in [1.807, 2.05) is 12.1 Å². The lowest BCUT2D eigenvalue weighted by atomic mass is 9.91. The highest BCUT2D eigenvalue weighted by molar-refractivity contribution is 5.65. The van der Waals surface area contributed by atoms with Crippen LogP contribution in [0.2, 0.25) is 0 Å². The summed E-state index contributed by atoms with van der Waals surface area (Å²) < 4.78 is 5.19. The van der Waals surface area contributed by atoms with Crippen LogP contribution < -0.4 is 4.74 Å². The van der Waals surface area contributed by atoms with E-state index in [1.165, 1.54) is 28.7 Å². The van der Waals surface area contributed by atoms with Gasteiger partial charge in [-0.3, -0.25) is 0 Å². The van der Waals surface area contributed by atoms with Gasteiger partial charge >= 0.3 is 0 Å². The predicted octanol–water partition coefficient (Wildman–Crippen LogP) is 5.18. The lowest BCUT2D eigenvalue weighted by Crippen LogP contribution is -1.95. The molecular weight excluding hydrogens is 232 g/mol. The van der Waals surface area contributed by atoms with Crippen molar-refractivity contribution in [2.45, 2.75) is 33.1 Å². The summed E-state index contributed by atoms with van der Waals surface area (Å²) in [6.07, 6.45) is 1.18. The molecule has 19 heavy (non-hydrogen) atoms. The van der Waals surface area contributed by atoms with Gasteiger partial charge < -0.3 is 4.74 Å². The Balaban J connectivity index is 2.33. The molecule has 0 saturated heterocycles. The molecule has 0 fully saturated rings. The highest BCUT2D eigenvalue weighted by atomic mass is 16.5. The van der Waals surface area contributed by atoms with Gasteiger partial charge in [0.2, 0.25) is 0 Å². The van der Waals surface area contributed by atoms with Crippen LogP contribution in [0.5, 0.6) is 5.75 Å². The lowest BCUT2D eigenvalue weighted by molar-refractivity contribution is 0.415. The first-order valence-electron chi connectivity index (χ1n) is 6.90. The van der Waals surface area contributed by atoms with Crippen molar-refractivity contribution < 1.29 is 4.74 Å². The maximum Gasteiger partial charge on any atom is 0.118 e. The Morgan fingerprint density at radius 3 is 2.16 bits per heavy atom. The van der Waals surface area contributed by atoms with Crippen LogP contribution in [0, 0.1) is 6.92 Å². The molecule has 1 atom stereocenters. The van der Waals surface area contributed by atoms with Crippen LogP contribution in [0.4, 0.5) is 0 Å². The zero-order chi connectivity index (χ0) is 13.8. The summed E-state index contributed by atoms with van der Waals surface area (Å²) in [5.74, 6) is 1.53. The van der Waals surface area contributed by atoms with E-state index in [4.69, 9.17) is 4.74 Å². The molecule has 0 spiro atoms. The number of aryl methyl sites for hydroxylation is 1. The van der Waals surface area contributed by atoms with Crippen molar-refractivity contribution in [2.24, 2.45) is 0 Å². The number of hydrogen-bond donors (Lipinski definition) is 0. The van der Waals surface area contributed by atoms with Gasteiger partial charge in [-0.15, -0.1) is 0 Å². The fraction of sp³-hybridized carbons (Fsp3) is 0.333. The average molecular weight is 254 g/mol. The summed E-state index contributed by atoms with van der Waals surface area (Å²) in [4.78, 5) is 0. The van der Waals surface area contributed by atoms with E-state index in [0.29, 0.717) is 5.92 Å². The van der Waals surface area contributed by atoms with E-state index in [-0.39, 0.29) is 0 Å². The summed E-state index contributed by atoms with van der Waals surface area (Å²) in [6.45, 7) is 6.73. The van der Waals surface area contributed by atoms with Crippen molar-refractivity contribution in [3.8, 4) is 16.9 Å².